The molecule has 1 heterocycles. The van der Waals surface area contributed by atoms with E-state index in [2.05, 4.69) is 21.2 Å². The van der Waals surface area contributed by atoms with Gasteiger partial charge < -0.3 is 10.4 Å². The molecule has 0 aliphatic heterocycles. The number of hydrogen-bond acceptors (Lipinski definition) is 3. The van der Waals surface area contributed by atoms with Gasteiger partial charge in [0.25, 0.3) is 5.91 Å². The highest BCUT2D eigenvalue weighted by molar-refractivity contribution is 9.11. The van der Waals surface area contributed by atoms with Gasteiger partial charge in [-0.05, 0) is 54.8 Å². The Morgan fingerprint density at radius 1 is 1.62 bits per heavy atom. The van der Waals surface area contributed by atoms with Crippen molar-refractivity contribution >= 4 is 33.2 Å². The number of amides is 1. The van der Waals surface area contributed by atoms with E-state index in [1.165, 1.54) is 11.3 Å². The summed E-state index contributed by atoms with van der Waals surface area (Å²) in [6.45, 7) is 5.82. The molecule has 0 saturated heterocycles. The summed E-state index contributed by atoms with van der Waals surface area (Å²) >= 11 is 4.82. The Balaban J connectivity index is 2.72. The first-order valence-electron chi connectivity index (χ1n) is 5.05. The zero-order chi connectivity index (χ0) is 12.3. The first kappa shape index (κ1) is 13.7. The molecule has 0 atom stereocenters. The van der Waals surface area contributed by atoms with Gasteiger partial charge in [-0.25, -0.2) is 0 Å². The van der Waals surface area contributed by atoms with Crippen LogP contribution in [0.25, 0.3) is 0 Å². The van der Waals surface area contributed by atoms with Crippen LogP contribution in [0.3, 0.4) is 0 Å². The number of carbonyl (C=O) groups excluding carboxylic acids is 1. The fourth-order valence-electron chi connectivity index (χ4n) is 1.28. The van der Waals surface area contributed by atoms with E-state index in [1.807, 2.05) is 26.8 Å². The minimum atomic E-state index is -0.379. The second-order valence-electron chi connectivity index (χ2n) is 4.38. The summed E-state index contributed by atoms with van der Waals surface area (Å²) in [6.07, 6.45) is 0.546. The quantitative estimate of drug-likeness (QED) is 0.898. The predicted octanol–water partition coefficient (Wildman–Crippen LogP) is 2.71. The number of aliphatic hydroxyl groups is 1. The van der Waals surface area contributed by atoms with Crippen LogP contribution in [0.2, 0.25) is 0 Å². The molecule has 1 aromatic heterocycles. The lowest BCUT2D eigenvalue weighted by Gasteiger charge is -2.24. The Labute approximate surface area is 108 Å². The second kappa shape index (κ2) is 5.29. The SMILES string of the molecule is Cc1cc(C(=O)NC(C)(C)CCO)sc1Br. The standard InChI is InChI=1S/C11H16BrNO2S/c1-7-6-8(16-9(7)12)10(15)13-11(2,3)4-5-14/h6,14H,4-5H2,1-3H3,(H,13,15). The Morgan fingerprint density at radius 3 is 2.69 bits per heavy atom. The minimum Gasteiger partial charge on any atom is -0.396 e. The number of rotatable bonds is 4. The molecule has 0 aliphatic rings. The summed E-state index contributed by atoms with van der Waals surface area (Å²) in [6, 6.07) is 1.86. The van der Waals surface area contributed by atoms with Crippen molar-refractivity contribution in [2.45, 2.75) is 32.7 Å². The van der Waals surface area contributed by atoms with Crippen LogP contribution in [-0.4, -0.2) is 23.2 Å². The van der Waals surface area contributed by atoms with E-state index in [1.54, 1.807) is 0 Å². The molecule has 0 saturated carbocycles. The van der Waals surface area contributed by atoms with Gasteiger partial charge in [0.15, 0.2) is 0 Å². The monoisotopic (exact) mass is 305 g/mol. The highest BCUT2D eigenvalue weighted by Gasteiger charge is 2.21. The van der Waals surface area contributed by atoms with E-state index < -0.39 is 0 Å². The fourth-order valence-corrected chi connectivity index (χ4v) is 2.71. The topological polar surface area (TPSA) is 49.3 Å². The van der Waals surface area contributed by atoms with E-state index in [-0.39, 0.29) is 18.1 Å². The van der Waals surface area contributed by atoms with Crippen molar-refractivity contribution in [2.24, 2.45) is 0 Å². The summed E-state index contributed by atoms with van der Waals surface area (Å²) in [5.74, 6) is -0.0859. The Kier molecular flexibility index (Phi) is 4.52. The van der Waals surface area contributed by atoms with E-state index in [0.717, 1.165) is 9.35 Å². The van der Waals surface area contributed by atoms with Crippen LogP contribution in [0.1, 0.15) is 35.5 Å². The molecule has 0 bridgehead atoms. The normalized spacial score (nSPS) is 11.6. The minimum absolute atomic E-state index is 0.0699. The third-order valence-corrected chi connectivity index (χ3v) is 4.41. The average Bonchev–Trinajstić information content (AvgIpc) is 2.46. The van der Waals surface area contributed by atoms with Gasteiger partial charge in [-0.1, -0.05) is 0 Å². The molecule has 0 unspecified atom stereocenters. The van der Waals surface area contributed by atoms with Crippen LogP contribution in [0.15, 0.2) is 9.85 Å². The van der Waals surface area contributed by atoms with Gasteiger partial charge in [0.2, 0.25) is 0 Å². The molecule has 0 aromatic carbocycles. The first-order valence-corrected chi connectivity index (χ1v) is 6.66. The molecule has 2 N–H and O–H groups in total. The lowest BCUT2D eigenvalue weighted by Crippen LogP contribution is -2.43. The van der Waals surface area contributed by atoms with Crippen LogP contribution >= 0.6 is 27.3 Å². The van der Waals surface area contributed by atoms with Gasteiger partial charge in [0.1, 0.15) is 0 Å². The third kappa shape index (κ3) is 3.57. The Bertz CT molecular complexity index is 368. The fraction of sp³-hybridized carbons (Fsp3) is 0.545. The van der Waals surface area contributed by atoms with E-state index >= 15 is 0 Å². The summed E-state index contributed by atoms with van der Waals surface area (Å²) in [4.78, 5) is 12.6. The molecular formula is C11H16BrNO2S. The summed E-state index contributed by atoms with van der Waals surface area (Å²) < 4.78 is 0.984. The van der Waals surface area contributed by atoms with Crippen molar-refractivity contribution < 1.29 is 9.90 Å². The largest absolute Gasteiger partial charge is 0.396 e. The number of aliphatic hydroxyl groups excluding tert-OH is 1. The highest BCUT2D eigenvalue weighted by Crippen LogP contribution is 2.27. The molecule has 3 nitrogen and oxygen atoms in total. The molecular weight excluding hydrogens is 290 g/mol. The summed E-state index contributed by atoms with van der Waals surface area (Å²) in [7, 11) is 0. The maximum Gasteiger partial charge on any atom is 0.261 e. The van der Waals surface area contributed by atoms with E-state index in [4.69, 9.17) is 5.11 Å². The van der Waals surface area contributed by atoms with Gasteiger partial charge in [-0.15, -0.1) is 11.3 Å². The van der Waals surface area contributed by atoms with Gasteiger partial charge in [-0.2, -0.15) is 0 Å². The molecule has 1 rings (SSSR count). The third-order valence-electron chi connectivity index (χ3n) is 2.27. The van der Waals surface area contributed by atoms with Crippen LogP contribution in [0.4, 0.5) is 0 Å². The molecule has 5 heteroatoms. The maximum atomic E-state index is 11.9. The van der Waals surface area contributed by atoms with Crippen molar-refractivity contribution in [1.82, 2.24) is 5.32 Å². The molecule has 1 aromatic rings. The Morgan fingerprint density at radius 2 is 2.25 bits per heavy atom. The van der Waals surface area contributed by atoms with Crippen molar-refractivity contribution in [1.29, 1.82) is 0 Å². The number of thiophene rings is 1. The molecule has 0 radical (unpaired) electrons. The number of hydrogen-bond donors (Lipinski definition) is 2. The smallest absolute Gasteiger partial charge is 0.261 e. The van der Waals surface area contributed by atoms with Gasteiger partial charge >= 0.3 is 0 Å². The lowest BCUT2D eigenvalue weighted by atomic mass is 10.0. The zero-order valence-electron chi connectivity index (χ0n) is 9.63. The van der Waals surface area contributed by atoms with Crippen LogP contribution in [-0.2, 0) is 0 Å². The number of halogens is 1. The molecule has 0 fully saturated rings. The molecule has 0 aliphatic carbocycles. The predicted molar refractivity (Wildman–Crippen MR) is 70.0 cm³/mol. The van der Waals surface area contributed by atoms with Crippen LogP contribution < -0.4 is 5.32 Å². The van der Waals surface area contributed by atoms with E-state index in [0.29, 0.717) is 11.3 Å². The van der Waals surface area contributed by atoms with Gasteiger partial charge in [-0.3, -0.25) is 4.79 Å². The molecule has 90 valence electrons. The van der Waals surface area contributed by atoms with E-state index in [9.17, 15) is 4.79 Å². The summed E-state index contributed by atoms with van der Waals surface area (Å²) in [5.41, 5.74) is 0.686. The number of aryl methyl sites for hydroxylation is 1. The lowest BCUT2D eigenvalue weighted by molar-refractivity contribution is 0.0903. The van der Waals surface area contributed by atoms with Gasteiger partial charge in [0.05, 0.1) is 8.66 Å². The van der Waals surface area contributed by atoms with Crippen molar-refractivity contribution in [3.05, 3.63) is 20.3 Å². The summed E-state index contributed by atoms with van der Waals surface area (Å²) in [5, 5.41) is 11.8. The zero-order valence-corrected chi connectivity index (χ0v) is 12.0. The Hall–Kier alpha value is -0.390. The maximum absolute atomic E-state index is 11.9. The van der Waals surface area contributed by atoms with Crippen molar-refractivity contribution in [3.63, 3.8) is 0 Å². The first-order chi connectivity index (χ1) is 7.35. The van der Waals surface area contributed by atoms with Crippen molar-refractivity contribution in [3.8, 4) is 0 Å². The second-order valence-corrected chi connectivity index (χ2v) is 6.75. The van der Waals surface area contributed by atoms with Crippen LogP contribution in [0.5, 0.6) is 0 Å². The van der Waals surface area contributed by atoms with Crippen molar-refractivity contribution in [2.75, 3.05) is 6.61 Å². The molecule has 1 amide bonds. The number of carbonyl (C=O) groups is 1. The highest BCUT2D eigenvalue weighted by atomic mass is 79.9. The number of nitrogens with one attached hydrogen (secondary N) is 1. The molecule has 0 spiro atoms. The average molecular weight is 306 g/mol. The van der Waals surface area contributed by atoms with Crippen LogP contribution in [0, 0.1) is 6.92 Å². The van der Waals surface area contributed by atoms with Gasteiger partial charge in [0, 0.05) is 12.1 Å². The molecule has 16 heavy (non-hydrogen) atoms.